The average Bonchev–Trinajstić information content (AvgIpc) is 3.00. The summed E-state index contributed by atoms with van der Waals surface area (Å²) >= 11 is 0. The molecule has 0 aromatic carbocycles. The van der Waals surface area contributed by atoms with E-state index >= 15 is 0 Å². The topological polar surface area (TPSA) is 159 Å². The zero-order valence-electron chi connectivity index (χ0n) is 16.4. The van der Waals surface area contributed by atoms with Gasteiger partial charge in [0.25, 0.3) is 0 Å². The van der Waals surface area contributed by atoms with Gasteiger partial charge in [-0.25, -0.2) is 9.29 Å². The van der Waals surface area contributed by atoms with Gasteiger partial charge in [0, 0.05) is 24.2 Å². The molecule has 158 valence electrons. The van der Waals surface area contributed by atoms with E-state index in [1.54, 1.807) is 6.92 Å². The predicted molar refractivity (Wildman–Crippen MR) is 105 cm³/mol. The molecule has 0 bridgehead atoms. The van der Waals surface area contributed by atoms with Gasteiger partial charge in [0.2, 0.25) is 0 Å². The van der Waals surface area contributed by atoms with Crippen LogP contribution < -0.4 is 15.8 Å². The Morgan fingerprint density at radius 1 is 1.46 bits per heavy atom. The van der Waals surface area contributed by atoms with Gasteiger partial charge in [0.1, 0.15) is 6.26 Å². The lowest BCUT2D eigenvalue weighted by molar-refractivity contribution is 0.343. The molecule has 3 rings (SSSR count). The smallest absolute Gasteiger partial charge is 0.431 e. The van der Waals surface area contributed by atoms with Crippen LogP contribution in [-0.2, 0) is 10.2 Å². The predicted octanol–water partition coefficient (Wildman–Crippen LogP) is -0.492. The zero-order chi connectivity index (χ0) is 20.7. The first-order valence-corrected chi connectivity index (χ1v) is 11.0. The number of hydrogen-bond donors (Lipinski definition) is 4. The Morgan fingerprint density at radius 2 is 2.14 bits per heavy atom. The van der Waals surface area contributed by atoms with Crippen LogP contribution in [-0.4, -0.2) is 65.1 Å². The Labute approximate surface area is 166 Å². The van der Waals surface area contributed by atoms with Crippen LogP contribution in [0.15, 0.2) is 16.9 Å². The molecule has 3 atom stereocenters. The van der Waals surface area contributed by atoms with Crippen molar-refractivity contribution in [2.45, 2.75) is 63.0 Å². The summed E-state index contributed by atoms with van der Waals surface area (Å²) in [5.74, 6) is -0.101. The molecule has 28 heavy (non-hydrogen) atoms. The maximum atomic E-state index is 13.5. The summed E-state index contributed by atoms with van der Waals surface area (Å²) in [4.78, 5) is 4.05. The second-order valence-corrected chi connectivity index (χ2v) is 10.2. The second-order valence-electron chi connectivity index (χ2n) is 8.43. The monoisotopic (exact) mass is 415 g/mol. The summed E-state index contributed by atoms with van der Waals surface area (Å²) in [7, 11) is -5.33. The van der Waals surface area contributed by atoms with E-state index in [0.717, 1.165) is 12.8 Å². The minimum Gasteiger partial charge on any atom is -0.431 e. The van der Waals surface area contributed by atoms with Crippen molar-refractivity contribution in [2.75, 3.05) is 17.4 Å². The van der Waals surface area contributed by atoms with Gasteiger partial charge in [-0.2, -0.15) is 12.7 Å². The van der Waals surface area contributed by atoms with Gasteiger partial charge in [0.05, 0.1) is 12.2 Å². The third-order valence-electron chi connectivity index (χ3n) is 6.08. The first kappa shape index (κ1) is 21.5. The minimum atomic E-state index is -3.96. The lowest BCUT2D eigenvalue weighted by atomic mass is 9.79. The number of oxazole rings is 1. The standard InChI is InChI=1S/C16H30BN5O5S/c1-12(16(19)5-6-16)22(14-20-8-9-27-14)28(25,26)21-10-13(15(2,18)11-21)4-3-7-17(23)24/h8-9,12-13,23-24H,3-7,10-11,18-19H2,1-2H3/t12?,13-,15-/m0/s1. The Morgan fingerprint density at radius 3 is 2.68 bits per heavy atom. The molecule has 2 heterocycles. The first-order valence-electron chi connectivity index (χ1n) is 9.60. The second kappa shape index (κ2) is 7.58. The maximum Gasteiger partial charge on any atom is 0.451 e. The van der Waals surface area contributed by atoms with Crippen LogP contribution in [0.5, 0.6) is 0 Å². The zero-order valence-corrected chi connectivity index (χ0v) is 17.2. The molecule has 12 heteroatoms. The van der Waals surface area contributed by atoms with Crippen molar-refractivity contribution in [3.05, 3.63) is 12.5 Å². The molecule has 2 fully saturated rings. The number of nitrogens with zero attached hydrogens (tertiary/aromatic N) is 3. The van der Waals surface area contributed by atoms with Crippen molar-refractivity contribution < 1.29 is 22.9 Å². The van der Waals surface area contributed by atoms with Gasteiger partial charge < -0.3 is 25.9 Å². The van der Waals surface area contributed by atoms with E-state index in [0.29, 0.717) is 12.8 Å². The molecule has 1 aromatic rings. The quantitative estimate of drug-likeness (QED) is 0.393. The molecule has 10 nitrogen and oxygen atoms in total. The highest BCUT2D eigenvalue weighted by molar-refractivity contribution is 7.90. The van der Waals surface area contributed by atoms with Gasteiger partial charge in [-0.3, -0.25) is 0 Å². The Bertz CT molecular complexity index is 768. The highest BCUT2D eigenvalue weighted by atomic mass is 32.2. The van der Waals surface area contributed by atoms with Crippen molar-refractivity contribution in [1.82, 2.24) is 9.29 Å². The van der Waals surface area contributed by atoms with Crippen LogP contribution in [0, 0.1) is 5.92 Å². The van der Waals surface area contributed by atoms with E-state index in [-0.39, 0.29) is 31.3 Å². The highest BCUT2D eigenvalue weighted by Gasteiger charge is 2.53. The fraction of sp³-hybridized carbons (Fsp3) is 0.812. The van der Waals surface area contributed by atoms with E-state index in [1.165, 1.54) is 21.1 Å². The van der Waals surface area contributed by atoms with Crippen LogP contribution in [0.3, 0.4) is 0 Å². The van der Waals surface area contributed by atoms with Crippen molar-refractivity contribution in [3.8, 4) is 0 Å². The minimum absolute atomic E-state index is 0.00481. The van der Waals surface area contributed by atoms with Crippen molar-refractivity contribution in [3.63, 3.8) is 0 Å². The number of nitrogens with two attached hydrogens (primary N) is 2. The molecule has 2 aliphatic rings. The summed E-state index contributed by atoms with van der Waals surface area (Å²) in [6.07, 6.45) is 5.60. The largest absolute Gasteiger partial charge is 0.451 e. The maximum absolute atomic E-state index is 13.5. The molecule has 1 aromatic heterocycles. The van der Waals surface area contributed by atoms with E-state index < -0.39 is 34.4 Å². The van der Waals surface area contributed by atoms with Gasteiger partial charge in [-0.15, -0.1) is 0 Å². The first-order chi connectivity index (χ1) is 13.0. The third-order valence-corrected chi connectivity index (χ3v) is 7.98. The molecule has 0 radical (unpaired) electrons. The summed E-state index contributed by atoms with van der Waals surface area (Å²) in [5.41, 5.74) is 11.4. The Kier molecular flexibility index (Phi) is 5.83. The highest BCUT2D eigenvalue weighted by Crippen LogP contribution is 2.42. The molecule has 1 unspecified atom stereocenters. The fourth-order valence-electron chi connectivity index (χ4n) is 3.88. The molecule has 1 saturated heterocycles. The average molecular weight is 415 g/mol. The molecular formula is C16H30BN5O5S. The molecule has 0 amide bonds. The third kappa shape index (κ3) is 4.21. The normalized spacial score (nSPS) is 28.3. The van der Waals surface area contributed by atoms with Crippen LogP contribution in [0.2, 0.25) is 6.32 Å². The summed E-state index contributed by atoms with van der Waals surface area (Å²) in [6.45, 7) is 4.00. The van der Waals surface area contributed by atoms with E-state index in [9.17, 15) is 8.42 Å². The van der Waals surface area contributed by atoms with Gasteiger partial charge in [0.15, 0.2) is 0 Å². The van der Waals surface area contributed by atoms with Crippen LogP contribution in [0.1, 0.15) is 39.5 Å². The van der Waals surface area contributed by atoms with Gasteiger partial charge in [-0.05, 0) is 45.3 Å². The van der Waals surface area contributed by atoms with Gasteiger partial charge in [-0.1, -0.05) is 6.42 Å². The van der Waals surface area contributed by atoms with E-state index in [4.69, 9.17) is 25.9 Å². The lowest BCUT2D eigenvalue weighted by Crippen LogP contribution is -2.55. The number of aromatic nitrogens is 1. The summed E-state index contributed by atoms with van der Waals surface area (Å²) in [6, 6.07) is -0.515. The van der Waals surface area contributed by atoms with Crippen molar-refractivity contribution in [1.29, 1.82) is 0 Å². The molecule has 0 spiro atoms. The summed E-state index contributed by atoms with van der Waals surface area (Å²) < 4.78 is 34.9. The molecule has 6 N–H and O–H groups in total. The van der Waals surface area contributed by atoms with E-state index in [2.05, 4.69) is 4.98 Å². The number of hydrogen-bond acceptors (Lipinski definition) is 8. The van der Waals surface area contributed by atoms with Crippen LogP contribution >= 0.6 is 0 Å². The van der Waals surface area contributed by atoms with Crippen molar-refractivity contribution >= 4 is 23.3 Å². The number of rotatable bonds is 9. The van der Waals surface area contributed by atoms with Crippen molar-refractivity contribution in [2.24, 2.45) is 17.4 Å². The van der Waals surface area contributed by atoms with Gasteiger partial charge >= 0.3 is 23.3 Å². The Balaban J connectivity index is 1.81. The number of anilines is 1. The van der Waals surface area contributed by atoms with Crippen LogP contribution in [0.4, 0.5) is 6.01 Å². The molecule has 1 saturated carbocycles. The molecule has 1 aliphatic heterocycles. The SMILES string of the molecule is CC(N(c1ncco1)S(=O)(=O)N1C[C@H](CCCB(O)O)[C@@](C)(N)C1)C1(N)CC1. The molecular weight excluding hydrogens is 385 g/mol. The lowest BCUT2D eigenvalue weighted by Gasteiger charge is -2.34. The summed E-state index contributed by atoms with van der Waals surface area (Å²) in [5, 5.41) is 18.1. The van der Waals surface area contributed by atoms with Crippen LogP contribution in [0.25, 0.3) is 0 Å². The Hall–Kier alpha value is -1.18. The molecule has 1 aliphatic carbocycles. The van der Waals surface area contributed by atoms with E-state index in [1.807, 2.05) is 6.92 Å². The fourth-order valence-corrected chi connectivity index (χ4v) is 5.84.